The van der Waals surface area contributed by atoms with Gasteiger partial charge in [-0.3, -0.25) is 0 Å². The SMILES string of the molecule is O=C(O)c1nnc2ccccc2c1NCC(O)C(F)F. The molecule has 8 heteroatoms. The van der Waals surface area contributed by atoms with Gasteiger partial charge in [-0.05, 0) is 6.07 Å². The van der Waals surface area contributed by atoms with Crippen LogP contribution in [-0.4, -0.2) is 45.5 Å². The number of aliphatic hydroxyl groups is 1. The van der Waals surface area contributed by atoms with Gasteiger partial charge in [-0.25, -0.2) is 13.6 Å². The summed E-state index contributed by atoms with van der Waals surface area (Å²) >= 11 is 0. The molecule has 0 amide bonds. The van der Waals surface area contributed by atoms with E-state index in [9.17, 15) is 13.6 Å². The van der Waals surface area contributed by atoms with Crippen LogP contribution in [0.2, 0.25) is 0 Å². The lowest BCUT2D eigenvalue weighted by atomic mass is 10.1. The normalized spacial score (nSPS) is 12.6. The Morgan fingerprint density at radius 2 is 2.00 bits per heavy atom. The largest absolute Gasteiger partial charge is 0.476 e. The van der Waals surface area contributed by atoms with E-state index in [2.05, 4.69) is 15.5 Å². The van der Waals surface area contributed by atoms with Crippen molar-refractivity contribution in [3.8, 4) is 0 Å². The van der Waals surface area contributed by atoms with Crippen molar-refractivity contribution in [1.29, 1.82) is 0 Å². The minimum absolute atomic E-state index is 0.0581. The van der Waals surface area contributed by atoms with Gasteiger partial charge in [0.1, 0.15) is 6.10 Å². The number of carbonyl (C=O) groups is 1. The smallest absolute Gasteiger partial charge is 0.358 e. The van der Waals surface area contributed by atoms with Crippen LogP contribution in [0.1, 0.15) is 10.5 Å². The fourth-order valence-electron chi connectivity index (χ4n) is 1.68. The Hall–Kier alpha value is -2.35. The number of anilines is 1. The third kappa shape index (κ3) is 2.80. The Bertz CT molecular complexity index is 636. The molecule has 1 aromatic heterocycles. The number of halogens is 2. The molecule has 1 unspecified atom stereocenters. The van der Waals surface area contributed by atoms with E-state index in [0.29, 0.717) is 10.9 Å². The van der Waals surface area contributed by atoms with E-state index < -0.39 is 25.0 Å². The number of rotatable bonds is 5. The standard InChI is InChI=1S/C12H11F2N3O3/c13-11(14)8(18)5-15-9-6-3-1-2-4-7(6)16-17-10(9)12(19)20/h1-4,8,11,18H,5H2,(H,15,16)(H,19,20). The van der Waals surface area contributed by atoms with Crippen molar-refractivity contribution in [2.24, 2.45) is 0 Å². The van der Waals surface area contributed by atoms with Crippen LogP contribution in [0.4, 0.5) is 14.5 Å². The Morgan fingerprint density at radius 1 is 1.30 bits per heavy atom. The van der Waals surface area contributed by atoms with Crippen molar-refractivity contribution in [2.45, 2.75) is 12.5 Å². The second-order valence-electron chi connectivity index (χ2n) is 4.03. The average molecular weight is 283 g/mol. The Labute approximate surface area is 112 Å². The first-order valence-corrected chi connectivity index (χ1v) is 5.69. The maximum absolute atomic E-state index is 12.3. The third-order valence-corrected chi connectivity index (χ3v) is 2.65. The van der Waals surface area contributed by atoms with Crippen molar-refractivity contribution >= 4 is 22.6 Å². The highest BCUT2D eigenvalue weighted by molar-refractivity contribution is 6.02. The maximum atomic E-state index is 12.3. The zero-order valence-corrected chi connectivity index (χ0v) is 10.1. The fourth-order valence-corrected chi connectivity index (χ4v) is 1.68. The van der Waals surface area contributed by atoms with Gasteiger partial charge >= 0.3 is 5.97 Å². The van der Waals surface area contributed by atoms with Gasteiger partial charge in [0.15, 0.2) is 5.69 Å². The molecule has 3 N–H and O–H groups in total. The first-order chi connectivity index (χ1) is 9.50. The minimum atomic E-state index is -2.92. The van der Waals surface area contributed by atoms with Crippen LogP contribution in [0.25, 0.3) is 10.9 Å². The van der Waals surface area contributed by atoms with E-state index in [0.717, 1.165) is 0 Å². The van der Waals surface area contributed by atoms with Crippen LogP contribution in [0.3, 0.4) is 0 Å². The monoisotopic (exact) mass is 283 g/mol. The zero-order valence-electron chi connectivity index (χ0n) is 10.1. The number of alkyl halides is 2. The summed E-state index contributed by atoms with van der Waals surface area (Å²) in [5.74, 6) is -1.34. The summed E-state index contributed by atoms with van der Waals surface area (Å²) in [5, 5.41) is 28.4. The number of carboxylic acid groups (broad SMARTS) is 1. The maximum Gasteiger partial charge on any atom is 0.358 e. The van der Waals surface area contributed by atoms with Crippen LogP contribution in [-0.2, 0) is 0 Å². The van der Waals surface area contributed by atoms with Crippen molar-refractivity contribution in [2.75, 3.05) is 11.9 Å². The predicted octanol–water partition coefficient (Wildman–Crippen LogP) is 1.37. The molecule has 1 heterocycles. The summed E-state index contributed by atoms with van der Waals surface area (Å²) in [7, 11) is 0. The lowest BCUT2D eigenvalue weighted by Gasteiger charge is -2.14. The summed E-state index contributed by atoms with van der Waals surface area (Å²) in [6.45, 7) is -0.492. The summed E-state index contributed by atoms with van der Waals surface area (Å²) in [6.07, 6.45) is -4.82. The van der Waals surface area contributed by atoms with E-state index in [1.165, 1.54) is 0 Å². The first kappa shape index (κ1) is 14.1. The first-order valence-electron chi connectivity index (χ1n) is 5.69. The van der Waals surface area contributed by atoms with Crippen molar-refractivity contribution in [3.63, 3.8) is 0 Å². The molecule has 0 aliphatic heterocycles. The van der Waals surface area contributed by atoms with E-state index in [1.54, 1.807) is 24.3 Å². The van der Waals surface area contributed by atoms with Crippen LogP contribution in [0, 0.1) is 0 Å². The number of aromatic carboxylic acids is 1. The molecule has 2 aromatic rings. The summed E-state index contributed by atoms with van der Waals surface area (Å²) in [6, 6.07) is 6.55. The Balaban J connectivity index is 2.42. The highest BCUT2D eigenvalue weighted by Crippen LogP contribution is 2.24. The van der Waals surface area contributed by atoms with E-state index in [1.807, 2.05) is 0 Å². The third-order valence-electron chi connectivity index (χ3n) is 2.65. The van der Waals surface area contributed by atoms with E-state index in [-0.39, 0.29) is 11.4 Å². The Kier molecular flexibility index (Phi) is 4.04. The summed E-state index contributed by atoms with van der Waals surface area (Å²) in [4.78, 5) is 11.1. The molecule has 0 radical (unpaired) electrons. The van der Waals surface area contributed by atoms with Crippen LogP contribution < -0.4 is 5.32 Å². The fraction of sp³-hybridized carbons (Fsp3) is 0.250. The number of aromatic nitrogens is 2. The summed E-state index contributed by atoms with van der Waals surface area (Å²) < 4.78 is 24.5. The molecule has 0 fully saturated rings. The van der Waals surface area contributed by atoms with Gasteiger partial charge in [-0.15, -0.1) is 10.2 Å². The molecule has 106 valence electrons. The van der Waals surface area contributed by atoms with Crippen LogP contribution in [0.15, 0.2) is 24.3 Å². The molecule has 1 aromatic carbocycles. The number of nitrogens with zero attached hydrogens (tertiary/aromatic N) is 2. The second-order valence-corrected chi connectivity index (χ2v) is 4.03. The second kappa shape index (κ2) is 5.74. The van der Waals surface area contributed by atoms with Gasteiger partial charge in [-0.2, -0.15) is 0 Å². The van der Waals surface area contributed by atoms with Crippen molar-refractivity contribution in [1.82, 2.24) is 10.2 Å². The molecule has 0 spiro atoms. The number of fused-ring (bicyclic) bond motifs is 1. The highest BCUT2D eigenvalue weighted by Gasteiger charge is 2.20. The molecule has 2 rings (SSSR count). The molecular weight excluding hydrogens is 272 g/mol. The molecule has 20 heavy (non-hydrogen) atoms. The van der Waals surface area contributed by atoms with Crippen LogP contribution in [0.5, 0.6) is 0 Å². The predicted molar refractivity (Wildman–Crippen MR) is 67.0 cm³/mol. The van der Waals surface area contributed by atoms with Crippen molar-refractivity contribution in [3.05, 3.63) is 30.0 Å². The van der Waals surface area contributed by atoms with Crippen molar-refractivity contribution < 1.29 is 23.8 Å². The number of benzene rings is 1. The van der Waals surface area contributed by atoms with Gasteiger partial charge in [0.25, 0.3) is 6.43 Å². The Morgan fingerprint density at radius 3 is 2.65 bits per heavy atom. The highest BCUT2D eigenvalue weighted by atomic mass is 19.3. The molecule has 0 aliphatic carbocycles. The molecule has 0 saturated carbocycles. The molecule has 0 aliphatic rings. The number of hydrogen-bond acceptors (Lipinski definition) is 5. The topological polar surface area (TPSA) is 95.3 Å². The zero-order chi connectivity index (χ0) is 14.7. The number of hydrogen-bond donors (Lipinski definition) is 3. The number of carboxylic acids is 1. The quantitative estimate of drug-likeness (QED) is 0.767. The molecule has 0 bridgehead atoms. The average Bonchev–Trinajstić information content (AvgIpc) is 2.43. The van der Waals surface area contributed by atoms with Gasteiger partial charge in [0.2, 0.25) is 0 Å². The molecule has 1 atom stereocenters. The van der Waals surface area contributed by atoms with Crippen LogP contribution >= 0.6 is 0 Å². The number of nitrogens with one attached hydrogen (secondary N) is 1. The van der Waals surface area contributed by atoms with Gasteiger partial charge in [-0.1, -0.05) is 18.2 Å². The lowest BCUT2D eigenvalue weighted by Crippen LogP contribution is -2.27. The van der Waals surface area contributed by atoms with Gasteiger partial charge in [0.05, 0.1) is 11.2 Å². The molecule has 0 saturated heterocycles. The summed E-state index contributed by atoms with van der Waals surface area (Å²) in [5.41, 5.74) is 0.0968. The van der Waals surface area contributed by atoms with E-state index >= 15 is 0 Å². The van der Waals surface area contributed by atoms with Gasteiger partial charge < -0.3 is 15.5 Å². The molecule has 6 nitrogen and oxygen atoms in total. The van der Waals surface area contributed by atoms with E-state index in [4.69, 9.17) is 10.2 Å². The lowest BCUT2D eigenvalue weighted by molar-refractivity contribution is 0.00384. The van der Waals surface area contributed by atoms with Gasteiger partial charge in [0, 0.05) is 11.9 Å². The molecular formula is C12H11F2N3O3. The number of aliphatic hydroxyl groups excluding tert-OH is 1. The minimum Gasteiger partial charge on any atom is -0.476 e.